The Labute approximate surface area is 162 Å². The van der Waals surface area contributed by atoms with Gasteiger partial charge in [-0.05, 0) is 41.5 Å². The van der Waals surface area contributed by atoms with Crippen LogP contribution in [0.15, 0.2) is 41.8 Å². The maximum atomic E-state index is 12.7. The van der Waals surface area contributed by atoms with E-state index in [0.29, 0.717) is 5.69 Å². The number of benzene rings is 1. The van der Waals surface area contributed by atoms with E-state index in [9.17, 15) is 14.4 Å². The van der Waals surface area contributed by atoms with E-state index in [-0.39, 0.29) is 12.0 Å². The van der Waals surface area contributed by atoms with Gasteiger partial charge in [0.25, 0.3) is 5.91 Å². The lowest BCUT2D eigenvalue weighted by atomic mass is 9.87. The topological polar surface area (TPSA) is 78.5 Å². The second-order valence-electron chi connectivity index (χ2n) is 7.80. The first-order valence-electron chi connectivity index (χ1n) is 8.70. The molecule has 1 aromatic heterocycles. The van der Waals surface area contributed by atoms with Gasteiger partial charge in [-0.1, -0.05) is 39.0 Å². The number of anilines is 1. The Hall–Kier alpha value is -2.67. The van der Waals surface area contributed by atoms with Crippen LogP contribution >= 0.6 is 11.3 Å². The molecule has 1 aliphatic rings. The van der Waals surface area contributed by atoms with Gasteiger partial charge in [-0.2, -0.15) is 0 Å². The molecule has 0 bridgehead atoms. The third-order valence-electron chi connectivity index (χ3n) is 4.63. The highest BCUT2D eigenvalue weighted by Gasteiger charge is 2.50. The molecule has 2 aromatic rings. The SMILES string of the molecule is CC(C)(C)c1ccc(NC(=O)CN2C(=O)NC(C)(c3cccs3)C2=O)cc1. The number of nitrogens with one attached hydrogen (secondary N) is 2. The summed E-state index contributed by atoms with van der Waals surface area (Å²) in [5, 5.41) is 7.28. The van der Waals surface area contributed by atoms with E-state index in [1.807, 2.05) is 35.7 Å². The maximum absolute atomic E-state index is 12.7. The number of rotatable bonds is 4. The number of nitrogens with zero attached hydrogens (tertiary/aromatic N) is 1. The summed E-state index contributed by atoms with van der Waals surface area (Å²) in [6.07, 6.45) is 0. The molecule has 2 N–H and O–H groups in total. The molecule has 6 nitrogen and oxygen atoms in total. The van der Waals surface area contributed by atoms with E-state index < -0.39 is 23.4 Å². The van der Waals surface area contributed by atoms with Crippen molar-refractivity contribution >= 4 is 34.9 Å². The van der Waals surface area contributed by atoms with Crippen molar-refractivity contribution in [2.75, 3.05) is 11.9 Å². The number of hydrogen-bond acceptors (Lipinski definition) is 4. The van der Waals surface area contributed by atoms with Crippen LogP contribution < -0.4 is 10.6 Å². The zero-order valence-electron chi connectivity index (χ0n) is 15.8. The average molecular weight is 385 g/mol. The summed E-state index contributed by atoms with van der Waals surface area (Å²) in [4.78, 5) is 39.1. The van der Waals surface area contributed by atoms with Crippen molar-refractivity contribution in [3.63, 3.8) is 0 Å². The van der Waals surface area contributed by atoms with Crippen LogP contribution in [0.1, 0.15) is 38.1 Å². The Kier molecular flexibility index (Phi) is 4.82. The Balaban J connectivity index is 1.67. The first-order chi connectivity index (χ1) is 12.6. The molecule has 27 heavy (non-hydrogen) atoms. The van der Waals surface area contributed by atoms with Crippen molar-refractivity contribution in [1.82, 2.24) is 10.2 Å². The van der Waals surface area contributed by atoms with Crippen LogP contribution in [0.4, 0.5) is 10.5 Å². The van der Waals surface area contributed by atoms with E-state index in [1.165, 1.54) is 11.3 Å². The highest BCUT2D eigenvalue weighted by Crippen LogP contribution is 2.31. The highest BCUT2D eigenvalue weighted by atomic mass is 32.1. The number of carbonyl (C=O) groups is 3. The summed E-state index contributed by atoms with van der Waals surface area (Å²) in [6, 6.07) is 10.6. The van der Waals surface area contributed by atoms with Crippen molar-refractivity contribution in [2.24, 2.45) is 0 Å². The first-order valence-corrected chi connectivity index (χ1v) is 9.58. The fourth-order valence-corrected chi connectivity index (χ4v) is 3.80. The minimum atomic E-state index is -1.13. The van der Waals surface area contributed by atoms with Gasteiger partial charge in [-0.25, -0.2) is 4.79 Å². The lowest BCUT2D eigenvalue weighted by Crippen LogP contribution is -2.41. The molecule has 4 amide bonds. The van der Waals surface area contributed by atoms with Gasteiger partial charge < -0.3 is 10.6 Å². The summed E-state index contributed by atoms with van der Waals surface area (Å²) in [5.41, 5.74) is 0.678. The maximum Gasteiger partial charge on any atom is 0.325 e. The number of carbonyl (C=O) groups excluding carboxylic acids is 3. The molecular weight excluding hydrogens is 362 g/mol. The molecule has 1 atom stereocenters. The predicted molar refractivity (Wildman–Crippen MR) is 106 cm³/mol. The molecule has 1 aliphatic heterocycles. The standard InChI is InChI=1S/C20H23N3O3S/c1-19(2,3)13-7-9-14(10-8-13)21-16(24)12-23-17(25)20(4,22-18(23)26)15-6-5-11-27-15/h5-11H,12H2,1-4H3,(H,21,24)(H,22,26). The second-order valence-corrected chi connectivity index (χ2v) is 8.75. The third-order valence-corrected chi connectivity index (χ3v) is 5.72. The minimum Gasteiger partial charge on any atom is -0.325 e. The Morgan fingerprint density at radius 2 is 1.85 bits per heavy atom. The zero-order chi connectivity index (χ0) is 19.8. The first kappa shape index (κ1) is 19.1. The van der Waals surface area contributed by atoms with E-state index >= 15 is 0 Å². The van der Waals surface area contributed by atoms with Gasteiger partial charge in [-0.3, -0.25) is 14.5 Å². The molecule has 0 radical (unpaired) electrons. The van der Waals surface area contributed by atoms with Crippen LogP contribution in [0, 0.1) is 0 Å². The van der Waals surface area contributed by atoms with Crippen molar-refractivity contribution in [3.05, 3.63) is 52.2 Å². The van der Waals surface area contributed by atoms with Crippen LogP contribution in [0.5, 0.6) is 0 Å². The normalized spacial score (nSPS) is 19.9. The molecule has 7 heteroatoms. The number of hydrogen-bond donors (Lipinski definition) is 2. The summed E-state index contributed by atoms with van der Waals surface area (Å²) < 4.78 is 0. The van der Waals surface area contributed by atoms with Crippen molar-refractivity contribution in [1.29, 1.82) is 0 Å². The van der Waals surface area contributed by atoms with E-state index in [0.717, 1.165) is 15.3 Å². The lowest BCUT2D eigenvalue weighted by molar-refractivity contribution is -0.133. The number of amides is 4. The monoisotopic (exact) mass is 385 g/mol. The Morgan fingerprint density at radius 3 is 2.41 bits per heavy atom. The van der Waals surface area contributed by atoms with Gasteiger partial charge in [0, 0.05) is 10.6 Å². The molecule has 0 spiro atoms. The molecule has 1 saturated heterocycles. The summed E-state index contributed by atoms with van der Waals surface area (Å²) in [6.45, 7) is 7.67. The smallest absolute Gasteiger partial charge is 0.325 e. The van der Waals surface area contributed by atoms with Crippen molar-refractivity contribution < 1.29 is 14.4 Å². The minimum absolute atomic E-state index is 0.0227. The summed E-state index contributed by atoms with van der Waals surface area (Å²) in [7, 11) is 0. The quantitative estimate of drug-likeness (QED) is 0.791. The Morgan fingerprint density at radius 1 is 1.19 bits per heavy atom. The molecule has 1 aromatic carbocycles. The van der Waals surface area contributed by atoms with Gasteiger partial charge >= 0.3 is 6.03 Å². The van der Waals surface area contributed by atoms with Gasteiger partial charge in [0.15, 0.2) is 5.54 Å². The zero-order valence-corrected chi connectivity index (χ0v) is 16.6. The van der Waals surface area contributed by atoms with Crippen LogP contribution in [0.2, 0.25) is 0 Å². The van der Waals surface area contributed by atoms with E-state index in [4.69, 9.17) is 0 Å². The van der Waals surface area contributed by atoms with Gasteiger partial charge in [0.2, 0.25) is 5.91 Å². The average Bonchev–Trinajstić information content (AvgIpc) is 3.19. The Bertz CT molecular complexity index is 869. The highest BCUT2D eigenvalue weighted by molar-refractivity contribution is 7.10. The second kappa shape index (κ2) is 6.81. The van der Waals surface area contributed by atoms with Crippen molar-refractivity contribution in [3.8, 4) is 0 Å². The number of urea groups is 1. The molecule has 142 valence electrons. The largest absolute Gasteiger partial charge is 0.325 e. The fraction of sp³-hybridized carbons (Fsp3) is 0.350. The molecular formula is C20H23N3O3S. The fourth-order valence-electron chi connectivity index (χ4n) is 2.97. The molecule has 1 unspecified atom stereocenters. The van der Waals surface area contributed by atoms with Gasteiger partial charge in [0.05, 0.1) is 0 Å². The van der Waals surface area contributed by atoms with Crippen LogP contribution in [-0.2, 0) is 20.5 Å². The van der Waals surface area contributed by atoms with Gasteiger partial charge in [-0.15, -0.1) is 11.3 Å². The number of thiophene rings is 1. The van der Waals surface area contributed by atoms with Crippen LogP contribution in [0.3, 0.4) is 0 Å². The van der Waals surface area contributed by atoms with Crippen LogP contribution in [-0.4, -0.2) is 29.3 Å². The van der Waals surface area contributed by atoms with Gasteiger partial charge in [0.1, 0.15) is 6.54 Å². The molecule has 0 saturated carbocycles. The van der Waals surface area contributed by atoms with Crippen molar-refractivity contribution in [2.45, 2.75) is 38.6 Å². The lowest BCUT2D eigenvalue weighted by Gasteiger charge is -2.20. The predicted octanol–water partition coefficient (Wildman–Crippen LogP) is 3.45. The van der Waals surface area contributed by atoms with E-state index in [1.54, 1.807) is 13.0 Å². The van der Waals surface area contributed by atoms with E-state index in [2.05, 4.69) is 31.4 Å². The third kappa shape index (κ3) is 3.73. The molecule has 2 heterocycles. The molecule has 3 rings (SSSR count). The summed E-state index contributed by atoms with van der Waals surface area (Å²) >= 11 is 1.39. The summed E-state index contributed by atoms with van der Waals surface area (Å²) in [5.74, 6) is -0.842. The molecule has 1 fully saturated rings. The number of imide groups is 1. The molecule has 0 aliphatic carbocycles. The van der Waals surface area contributed by atoms with Crippen LogP contribution in [0.25, 0.3) is 0 Å².